The number of thiophene rings is 1. The van der Waals surface area contributed by atoms with Gasteiger partial charge in [0.25, 0.3) is 0 Å². The van der Waals surface area contributed by atoms with Crippen LogP contribution in [0.1, 0.15) is 14.5 Å². The summed E-state index contributed by atoms with van der Waals surface area (Å²) in [6, 6.07) is 15.9. The van der Waals surface area contributed by atoms with Crippen LogP contribution < -0.4 is 9.47 Å². The molecule has 5 heteroatoms. The predicted molar refractivity (Wildman–Crippen MR) is 84.8 cm³/mol. The fourth-order valence-corrected chi connectivity index (χ4v) is 2.55. The topological polar surface area (TPSA) is 48.4 Å². The van der Waals surface area contributed by atoms with Crippen molar-refractivity contribution >= 4 is 17.3 Å². The molecule has 3 aromatic rings. The van der Waals surface area contributed by atoms with E-state index in [9.17, 15) is 4.79 Å². The molecule has 0 saturated carbocycles. The molecule has 0 saturated heterocycles. The molecule has 2 heterocycles. The molecule has 4 nitrogen and oxygen atoms in total. The van der Waals surface area contributed by atoms with E-state index in [2.05, 4.69) is 4.98 Å². The van der Waals surface area contributed by atoms with Crippen LogP contribution in [0.5, 0.6) is 17.4 Å². The van der Waals surface area contributed by atoms with Crippen molar-refractivity contribution in [1.82, 2.24) is 4.98 Å². The molecular formula is C17H13NO3S. The molecule has 0 spiro atoms. The normalized spacial score (nSPS) is 10.2. The third-order valence-electron chi connectivity index (χ3n) is 2.84. The van der Waals surface area contributed by atoms with Gasteiger partial charge in [0, 0.05) is 17.1 Å². The second-order valence-electron chi connectivity index (χ2n) is 4.54. The van der Waals surface area contributed by atoms with E-state index in [0.29, 0.717) is 22.3 Å². The molecule has 1 aromatic carbocycles. The Balaban J connectivity index is 1.65. The Morgan fingerprint density at radius 3 is 2.41 bits per heavy atom. The lowest BCUT2D eigenvalue weighted by molar-refractivity contribution is 0.0739. The van der Waals surface area contributed by atoms with E-state index in [1.165, 1.54) is 11.3 Å². The lowest BCUT2D eigenvalue weighted by Gasteiger charge is -2.06. The van der Waals surface area contributed by atoms with Crippen molar-refractivity contribution in [2.45, 2.75) is 6.92 Å². The molecule has 0 bridgehead atoms. The number of esters is 1. The number of rotatable bonds is 4. The molecule has 0 aliphatic carbocycles. The minimum absolute atomic E-state index is 0.350. The van der Waals surface area contributed by atoms with Crippen molar-refractivity contribution in [3.05, 3.63) is 70.5 Å². The standard InChI is InChI=1S/C17H13NO3S/c1-12-5-10-15(22-12)17(19)21-14-8-6-13(7-9-14)20-16-4-2-3-11-18-16/h2-11H,1H3. The Morgan fingerprint density at radius 2 is 1.77 bits per heavy atom. The molecule has 22 heavy (non-hydrogen) atoms. The molecule has 3 rings (SSSR count). The lowest BCUT2D eigenvalue weighted by atomic mass is 10.3. The van der Waals surface area contributed by atoms with E-state index >= 15 is 0 Å². The minimum Gasteiger partial charge on any atom is -0.439 e. The first-order valence-electron chi connectivity index (χ1n) is 6.68. The smallest absolute Gasteiger partial charge is 0.353 e. The summed E-state index contributed by atoms with van der Waals surface area (Å²) in [4.78, 5) is 17.7. The molecule has 110 valence electrons. The highest BCUT2D eigenvalue weighted by Crippen LogP contribution is 2.23. The first-order chi connectivity index (χ1) is 10.7. The van der Waals surface area contributed by atoms with Gasteiger partial charge in [0.2, 0.25) is 5.88 Å². The third kappa shape index (κ3) is 3.51. The van der Waals surface area contributed by atoms with Gasteiger partial charge in [-0.1, -0.05) is 6.07 Å². The van der Waals surface area contributed by atoms with Gasteiger partial charge in [-0.25, -0.2) is 9.78 Å². The van der Waals surface area contributed by atoms with Gasteiger partial charge in [0.05, 0.1) is 0 Å². The summed E-state index contributed by atoms with van der Waals surface area (Å²) in [6.07, 6.45) is 1.66. The first-order valence-corrected chi connectivity index (χ1v) is 7.50. The van der Waals surface area contributed by atoms with Crippen molar-refractivity contribution < 1.29 is 14.3 Å². The fourth-order valence-electron chi connectivity index (χ4n) is 1.81. The van der Waals surface area contributed by atoms with Gasteiger partial charge in [-0.05, 0) is 49.4 Å². The maximum atomic E-state index is 12.0. The largest absolute Gasteiger partial charge is 0.439 e. The van der Waals surface area contributed by atoms with Crippen LogP contribution in [0.4, 0.5) is 0 Å². The summed E-state index contributed by atoms with van der Waals surface area (Å²) in [5.41, 5.74) is 0. The second kappa shape index (κ2) is 6.41. The average Bonchev–Trinajstić information content (AvgIpc) is 2.97. The number of carbonyl (C=O) groups is 1. The van der Waals surface area contributed by atoms with Crippen LogP contribution in [0.3, 0.4) is 0 Å². The molecule has 2 aromatic heterocycles. The average molecular weight is 311 g/mol. The van der Waals surface area contributed by atoms with Crippen molar-refractivity contribution in [2.24, 2.45) is 0 Å². The van der Waals surface area contributed by atoms with Gasteiger partial charge in [0.15, 0.2) is 0 Å². The summed E-state index contributed by atoms with van der Waals surface area (Å²) in [5.74, 6) is 1.27. The molecule has 0 aliphatic heterocycles. The van der Waals surface area contributed by atoms with E-state index in [0.717, 1.165) is 4.88 Å². The number of pyridine rings is 1. The highest BCUT2D eigenvalue weighted by Gasteiger charge is 2.10. The van der Waals surface area contributed by atoms with Crippen LogP contribution in [-0.2, 0) is 0 Å². The summed E-state index contributed by atoms with van der Waals surface area (Å²) in [6.45, 7) is 1.95. The van der Waals surface area contributed by atoms with Crippen molar-refractivity contribution in [3.63, 3.8) is 0 Å². The summed E-state index contributed by atoms with van der Waals surface area (Å²) >= 11 is 1.41. The van der Waals surface area contributed by atoms with Crippen LogP contribution in [-0.4, -0.2) is 11.0 Å². The second-order valence-corrected chi connectivity index (χ2v) is 5.83. The number of hydrogen-bond acceptors (Lipinski definition) is 5. The van der Waals surface area contributed by atoms with Crippen molar-refractivity contribution in [2.75, 3.05) is 0 Å². The first kappa shape index (κ1) is 14.3. The number of ether oxygens (including phenoxy) is 2. The van der Waals surface area contributed by atoms with E-state index in [-0.39, 0.29) is 5.97 Å². The Morgan fingerprint density at radius 1 is 1.00 bits per heavy atom. The molecule has 0 fully saturated rings. The Hall–Kier alpha value is -2.66. The summed E-state index contributed by atoms with van der Waals surface area (Å²) < 4.78 is 10.9. The maximum absolute atomic E-state index is 12.0. The third-order valence-corrected chi connectivity index (χ3v) is 3.82. The fraction of sp³-hybridized carbons (Fsp3) is 0.0588. The zero-order chi connectivity index (χ0) is 15.4. The van der Waals surface area contributed by atoms with E-state index in [4.69, 9.17) is 9.47 Å². The van der Waals surface area contributed by atoms with Crippen LogP contribution >= 0.6 is 11.3 Å². The maximum Gasteiger partial charge on any atom is 0.353 e. The summed E-state index contributed by atoms with van der Waals surface area (Å²) in [5, 5.41) is 0. The number of aryl methyl sites for hydroxylation is 1. The zero-order valence-electron chi connectivity index (χ0n) is 11.9. The highest BCUT2D eigenvalue weighted by atomic mass is 32.1. The van der Waals surface area contributed by atoms with Crippen LogP contribution in [0.25, 0.3) is 0 Å². The van der Waals surface area contributed by atoms with E-state index < -0.39 is 0 Å². The number of nitrogens with zero attached hydrogens (tertiary/aromatic N) is 1. The van der Waals surface area contributed by atoms with Gasteiger partial charge < -0.3 is 9.47 Å². The Kier molecular flexibility index (Phi) is 4.16. The molecular weight excluding hydrogens is 298 g/mol. The number of benzene rings is 1. The minimum atomic E-state index is -0.350. The van der Waals surface area contributed by atoms with Crippen molar-refractivity contribution in [1.29, 1.82) is 0 Å². The molecule has 0 atom stereocenters. The monoisotopic (exact) mass is 311 g/mol. The van der Waals surface area contributed by atoms with Crippen LogP contribution in [0.15, 0.2) is 60.8 Å². The quantitative estimate of drug-likeness (QED) is 0.527. The number of hydrogen-bond donors (Lipinski definition) is 0. The van der Waals surface area contributed by atoms with E-state index in [1.807, 2.05) is 25.1 Å². The van der Waals surface area contributed by atoms with Gasteiger partial charge in [0.1, 0.15) is 16.4 Å². The number of carbonyl (C=O) groups excluding carboxylic acids is 1. The Bertz CT molecular complexity index is 766. The SMILES string of the molecule is Cc1ccc(C(=O)Oc2ccc(Oc3ccccn3)cc2)s1. The van der Waals surface area contributed by atoms with Crippen LogP contribution in [0.2, 0.25) is 0 Å². The zero-order valence-corrected chi connectivity index (χ0v) is 12.7. The van der Waals surface area contributed by atoms with E-state index in [1.54, 1.807) is 42.6 Å². The predicted octanol–water partition coefficient (Wildman–Crippen LogP) is 4.46. The lowest BCUT2D eigenvalue weighted by Crippen LogP contribution is -2.06. The van der Waals surface area contributed by atoms with Gasteiger partial charge in [-0.2, -0.15) is 0 Å². The molecule has 0 radical (unpaired) electrons. The Labute approximate surface area is 132 Å². The number of aromatic nitrogens is 1. The van der Waals surface area contributed by atoms with Gasteiger partial charge >= 0.3 is 5.97 Å². The molecule has 0 amide bonds. The van der Waals surface area contributed by atoms with Crippen molar-refractivity contribution in [3.8, 4) is 17.4 Å². The molecule has 0 unspecified atom stereocenters. The van der Waals surface area contributed by atoms with Crippen LogP contribution in [0, 0.1) is 6.92 Å². The van der Waals surface area contributed by atoms with Gasteiger partial charge in [-0.15, -0.1) is 11.3 Å². The molecule has 0 N–H and O–H groups in total. The summed E-state index contributed by atoms with van der Waals surface area (Å²) in [7, 11) is 0. The highest BCUT2D eigenvalue weighted by molar-refractivity contribution is 7.13. The van der Waals surface area contributed by atoms with Gasteiger partial charge in [-0.3, -0.25) is 0 Å². The molecule has 0 aliphatic rings.